The SMILES string of the molecule is N#Cc1ccc(NCc2cccc(Br)n2)cc1C#N. The van der Waals surface area contributed by atoms with E-state index in [9.17, 15) is 0 Å². The van der Waals surface area contributed by atoms with Crippen LogP contribution < -0.4 is 5.32 Å². The fourth-order valence-electron chi connectivity index (χ4n) is 1.59. The Hall–Kier alpha value is -2.37. The van der Waals surface area contributed by atoms with Gasteiger partial charge in [0, 0.05) is 5.69 Å². The van der Waals surface area contributed by atoms with E-state index >= 15 is 0 Å². The number of nitrogens with zero attached hydrogens (tertiary/aromatic N) is 3. The third kappa shape index (κ3) is 3.31. The lowest BCUT2D eigenvalue weighted by Gasteiger charge is -2.07. The Balaban J connectivity index is 2.13. The number of hydrogen-bond donors (Lipinski definition) is 1. The van der Waals surface area contributed by atoms with Gasteiger partial charge in [0.25, 0.3) is 0 Å². The summed E-state index contributed by atoms with van der Waals surface area (Å²) in [5.41, 5.74) is 2.43. The highest BCUT2D eigenvalue weighted by molar-refractivity contribution is 9.10. The molecule has 2 aromatic rings. The van der Waals surface area contributed by atoms with Gasteiger partial charge in [0.1, 0.15) is 16.7 Å². The summed E-state index contributed by atoms with van der Waals surface area (Å²) in [5.74, 6) is 0. The van der Waals surface area contributed by atoms with Crippen molar-refractivity contribution in [3.8, 4) is 12.1 Å². The van der Waals surface area contributed by atoms with Crippen LogP contribution in [0.1, 0.15) is 16.8 Å². The van der Waals surface area contributed by atoms with Gasteiger partial charge in [-0.15, -0.1) is 0 Å². The molecule has 0 unspecified atom stereocenters. The molecule has 19 heavy (non-hydrogen) atoms. The average molecular weight is 313 g/mol. The molecule has 1 aromatic heterocycles. The Labute approximate surface area is 119 Å². The highest BCUT2D eigenvalue weighted by atomic mass is 79.9. The molecule has 0 atom stereocenters. The third-order valence-corrected chi connectivity index (χ3v) is 2.95. The van der Waals surface area contributed by atoms with Crippen LogP contribution in [0, 0.1) is 22.7 Å². The van der Waals surface area contributed by atoms with Gasteiger partial charge < -0.3 is 5.32 Å². The molecule has 0 amide bonds. The summed E-state index contributed by atoms with van der Waals surface area (Å²) >= 11 is 3.31. The lowest BCUT2D eigenvalue weighted by atomic mass is 10.1. The number of anilines is 1. The number of benzene rings is 1. The van der Waals surface area contributed by atoms with Crippen molar-refractivity contribution >= 4 is 21.6 Å². The van der Waals surface area contributed by atoms with Gasteiger partial charge in [-0.1, -0.05) is 6.07 Å². The fourth-order valence-corrected chi connectivity index (χ4v) is 1.97. The summed E-state index contributed by atoms with van der Waals surface area (Å²) in [6.07, 6.45) is 0. The maximum atomic E-state index is 8.95. The van der Waals surface area contributed by atoms with Crippen molar-refractivity contribution < 1.29 is 0 Å². The summed E-state index contributed by atoms with van der Waals surface area (Å²) in [6.45, 7) is 0.552. The second-order valence-corrected chi connectivity index (χ2v) is 4.60. The van der Waals surface area contributed by atoms with Gasteiger partial charge in [-0.25, -0.2) is 4.98 Å². The molecule has 4 nitrogen and oxygen atoms in total. The zero-order chi connectivity index (χ0) is 13.7. The number of halogens is 1. The van der Waals surface area contributed by atoms with Crippen LogP contribution in [0.2, 0.25) is 0 Å². The van der Waals surface area contributed by atoms with Gasteiger partial charge in [0.15, 0.2) is 0 Å². The van der Waals surface area contributed by atoms with E-state index in [2.05, 4.69) is 26.2 Å². The second-order valence-electron chi connectivity index (χ2n) is 3.79. The van der Waals surface area contributed by atoms with Crippen molar-refractivity contribution in [2.75, 3.05) is 5.32 Å². The lowest BCUT2D eigenvalue weighted by molar-refractivity contribution is 1.03. The monoisotopic (exact) mass is 312 g/mol. The molecular formula is C14H9BrN4. The Morgan fingerprint density at radius 3 is 2.58 bits per heavy atom. The van der Waals surface area contributed by atoms with E-state index in [-0.39, 0.29) is 0 Å². The van der Waals surface area contributed by atoms with Gasteiger partial charge >= 0.3 is 0 Å². The van der Waals surface area contributed by atoms with Crippen LogP contribution in [0.4, 0.5) is 5.69 Å². The first kappa shape index (κ1) is 13.1. The average Bonchev–Trinajstić information content (AvgIpc) is 2.45. The Morgan fingerprint density at radius 1 is 1.11 bits per heavy atom. The predicted octanol–water partition coefficient (Wildman–Crippen LogP) is 3.20. The van der Waals surface area contributed by atoms with E-state index in [0.717, 1.165) is 16.0 Å². The molecule has 1 aromatic carbocycles. The van der Waals surface area contributed by atoms with Crippen molar-refractivity contribution in [3.63, 3.8) is 0 Å². The smallest absolute Gasteiger partial charge is 0.106 e. The molecule has 0 aliphatic heterocycles. The van der Waals surface area contributed by atoms with E-state index in [4.69, 9.17) is 10.5 Å². The molecule has 0 saturated carbocycles. The minimum absolute atomic E-state index is 0.370. The van der Waals surface area contributed by atoms with E-state index in [0.29, 0.717) is 17.7 Å². The first-order chi connectivity index (χ1) is 9.22. The molecule has 92 valence electrons. The highest BCUT2D eigenvalue weighted by Gasteiger charge is 2.03. The summed E-state index contributed by atoms with van der Waals surface area (Å²) in [7, 11) is 0. The topological polar surface area (TPSA) is 72.5 Å². The number of hydrogen-bond acceptors (Lipinski definition) is 4. The molecule has 0 aliphatic carbocycles. The second kappa shape index (κ2) is 5.99. The molecule has 0 bridgehead atoms. The highest BCUT2D eigenvalue weighted by Crippen LogP contribution is 2.15. The van der Waals surface area contributed by atoms with Crippen molar-refractivity contribution in [1.82, 2.24) is 4.98 Å². The molecule has 1 heterocycles. The van der Waals surface area contributed by atoms with Crippen LogP contribution >= 0.6 is 15.9 Å². The summed E-state index contributed by atoms with van der Waals surface area (Å²) in [4.78, 5) is 4.30. The summed E-state index contributed by atoms with van der Waals surface area (Å²) < 4.78 is 0.782. The molecule has 0 aliphatic rings. The lowest BCUT2D eigenvalue weighted by Crippen LogP contribution is -2.02. The van der Waals surface area contributed by atoms with Gasteiger partial charge in [-0.2, -0.15) is 10.5 Å². The maximum Gasteiger partial charge on any atom is 0.106 e. The van der Waals surface area contributed by atoms with Crippen LogP contribution in [0.5, 0.6) is 0 Å². The van der Waals surface area contributed by atoms with Crippen LogP contribution in [-0.4, -0.2) is 4.98 Å². The maximum absolute atomic E-state index is 8.95. The first-order valence-corrected chi connectivity index (χ1v) is 6.32. The van der Waals surface area contributed by atoms with E-state index < -0.39 is 0 Å². The van der Waals surface area contributed by atoms with Crippen LogP contribution in [0.3, 0.4) is 0 Å². The quantitative estimate of drug-likeness (QED) is 0.883. The molecule has 1 N–H and O–H groups in total. The van der Waals surface area contributed by atoms with E-state index in [1.165, 1.54) is 0 Å². The number of rotatable bonds is 3. The zero-order valence-corrected chi connectivity index (χ0v) is 11.5. The van der Waals surface area contributed by atoms with Crippen LogP contribution in [0.15, 0.2) is 41.0 Å². The predicted molar refractivity (Wildman–Crippen MR) is 75.1 cm³/mol. The standard InChI is InChI=1S/C14H9BrN4/c15-14-3-1-2-13(19-14)9-18-12-5-4-10(7-16)11(6-12)8-17/h1-6,18H,9H2. The third-order valence-electron chi connectivity index (χ3n) is 2.51. The number of nitrogens with one attached hydrogen (secondary N) is 1. The molecule has 0 radical (unpaired) electrons. The van der Waals surface area contributed by atoms with Crippen molar-refractivity contribution in [2.45, 2.75) is 6.54 Å². The van der Waals surface area contributed by atoms with Gasteiger partial charge in [-0.3, -0.25) is 0 Å². The van der Waals surface area contributed by atoms with Crippen LogP contribution in [-0.2, 0) is 6.54 Å². The molecule has 2 rings (SSSR count). The molecule has 0 fully saturated rings. The van der Waals surface area contributed by atoms with Crippen molar-refractivity contribution in [3.05, 3.63) is 57.8 Å². The zero-order valence-electron chi connectivity index (χ0n) is 9.89. The largest absolute Gasteiger partial charge is 0.379 e. The molecule has 0 saturated heterocycles. The molecule has 0 spiro atoms. The van der Waals surface area contributed by atoms with Gasteiger partial charge in [0.2, 0.25) is 0 Å². The molecular weight excluding hydrogens is 304 g/mol. The van der Waals surface area contributed by atoms with Crippen molar-refractivity contribution in [2.24, 2.45) is 0 Å². The Kier molecular flexibility index (Phi) is 4.12. The Morgan fingerprint density at radius 2 is 1.89 bits per heavy atom. The summed E-state index contributed by atoms with van der Waals surface area (Å²) in [5, 5.41) is 21.0. The number of nitriles is 2. The number of aromatic nitrogens is 1. The minimum Gasteiger partial charge on any atom is -0.379 e. The van der Waals surface area contributed by atoms with Crippen molar-refractivity contribution in [1.29, 1.82) is 10.5 Å². The number of pyridine rings is 1. The minimum atomic E-state index is 0.370. The van der Waals surface area contributed by atoms with Gasteiger partial charge in [0.05, 0.1) is 23.4 Å². The van der Waals surface area contributed by atoms with E-state index in [1.807, 2.05) is 30.3 Å². The Bertz CT molecular complexity index is 683. The normalized spacial score (nSPS) is 9.42. The van der Waals surface area contributed by atoms with E-state index in [1.54, 1.807) is 18.2 Å². The first-order valence-electron chi connectivity index (χ1n) is 5.52. The van der Waals surface area contributed by atoms with Gasteiger partial charge in [-0.05, 0) is 46.3 Å². The summed E-state index contributed by atoms with van der Waals surface area (Å²) in [6, 6.07) is 14.7. The van der Waals surface area contributed by atoms with Crippen LogP contribution in [0.25, 0.3) is 0 Å². The fraction of sp³-hybridized carbons (Fsp3) is 0.0714. The molecule has 5 heteroatoms.